The van der Waals surface area contributed by atoms with Gasteiger partial charge in [-0.3, -0.25) is 33.8 Å². The molecule has 1 aromatic rings. The first kappa shape index (κ1) is 93.2. The number of benzene rings is 1. The molecule has 0 spiro atoms. The number of ether oxygens (including phenoxy) is 5. The van der Waals surface area contributed by atoms with Crippen molar-refractivity contribution in [3.63, 3.8) is 0 Å². The fourth-order valence-corrected chi connectivity index (χ4v) is 10.4. The number of urea groups is 1. The number of alkyl carbamates (subject to hydrolysis) is 1. The SMILES string of the molecule is CC(C)(C)OC(=O)CCN(CCN(CC[N+](CCC(=O)OC(C)(C)C)(CC(=O)OC(C)(C)C)N[C@@H](CCCCNC(=O)OCc1ccccc1)C(=O)O)CC(=O)O)CC(=O)OC(C)(C)C.NC(=O)N1CCN(S(=O)(=O)C(F)(F)C(F)(F)C(F)(F)C(F)(F)C(F)(F)C(F)(F)C(F)(F)C(F)(F)F)CC1. The lowest BCUT2D eigenvalue weighted by Crippen LogP contribution is -2.75. The zero-order valence-electron chi connectivity index (χ0n) is 57.8. The molecule has 25 nitrogen and oxygen atoms in total. The lowest BCUT2D eigenvalue weighted by molar-refractivity contribution is -0.964. The van der Waals surface area contributed by atoms with E-state index in [2.05, 4.69) is 10.7 Å². The van der Waals surface area contributed by atoms with Crippen LogP contribution in [0, 0.1) is 0 Å². The van der Waals surface area contributed by atoms with E-state index >= 15 is 0 Å². The number of primary amides is 1. The Balaban J connectivity index is 0.00000119. The summed E-state index contributed by atoms with van der Waals surface area (Å²) in [7, 11) is -7.35. The van der Waals surface area contributed by atoms with Crippen molar-refractivity contribution in [2.24, 2.45) is 5.73 Å². The fourth-order valence-electron chi connectivity index (χ4n) is 8.94. The number of amides is 3. The maximum Gasteiger partial charge on any atom is 0.460 e. The third kappa shape index (κ3) is 27.3. The molecule has 1 saturated heterocycles. The molecule has 1 aromatic carbocycles. The Morgan fingerprint density at radius 1 is 0.549 bits per heavy atom. The van der Waals surface area contributed by atoms with Crippen LogP contribution in [-0.2, 0) is 69.1 Å². The first-order valence-electron chi connectivity index (χ1n) is 30.9. The number of carboxylic acids is 2. The number of carboxylic acid groups (broad SMARTS) is 2. The third-order valence-corrected chi connectivity index (χ3v) is 15.8. The number of unbranched alkanes of at least 4 members (excludes halogenated alkanes) is 1. The second-order valence-corrected chi connectivity index (χ2v) is 29.2. The van der Waals surface area contributed by atoms with E-state index in [0.717, 1.165) is 5.56 Å². The average molecular weight is 1540 g/mol. The monoisotopic (exact) mass is 1540 g/mol. The van der Waals surface area contributed by atoms with E-state index in [1.165, 1.54) is 0 Å². The maximum absolute atomic E-state index is 14.1. The summed E-state index contributed by atoms with van der Waals surface area (Å²) in [5.41, 5.74) is 5.39. The second kappa shape index (κ2) is 35.8. The van der Waals surface area contributed by atoms with Crippen LogP contribution in [0.3, 0.4) is 0 Å². The Bertz CT molecular complexity index is 3090. The minimum atomic E-state index is -8.88. The van der Waals surface area contributed by atoms with E-state index in [9.17, 15) is 132 Å². The summed E-state index contributed by atoms with van der Waals surface area (Å²) in [5, 5.41) is 15.6. The van der Waals surface area contributed by atoms with Crippen LogP contribution < -0.4 is 16.5 Å². The quantitative estimate of drug-likeness (QED) is 0.0105. The first-order chi connectivity index (χ1) is 45.7. The number of nitrogens with one attached hydrogen (secondary N) is 2. The number of aliphatic carboxylic acids is 2. The zero-order valence-corrected chi connectivity index (χ0v) is 58.6. The molecule has 590 valence electrons. The Hall–Kier alpha value is -6.86. The molecule has 0 radical (unpaired) electrons. The normalized spacial score (nSPS) is 15.5. The molecule has 3 amide bonds. The lowest BCUT2D eigenvalue weighted by atomic mass is 9.91. The number of quaternary nitrogens is 1. The van der Waals surface area contributed by atoms with Crippen molar-refractivity contribution in [1.82, 2.24) is 29.7 Å². The molecule has 1 fully saturated rings. The highest BCUT2D eigenvalue weighted by molar-refractivity contribution is 7.90. The molecule has 102 heavy (non-hydrogen) atoms. The van der Waals surface area contributed by atoms with Crippen molar-refractivity contribution in [2.75, 3.05) is 91.6 Å². The number of rotatable bonds is 36. The van der Waals surface area contributed by atoms with Gasteiger partial charge in [-0.15, -0.1) is 0 Å². The van der Waals surface area contributed by atoms with E-state index in [4.69, 9.17) is 29.4 Å². The molecular weight excluding hydrogens is 1450 g/mol. The number of halogens is 17. The minimum Gasteiger partial charge on any atom is -0.480 e. The largest absolute Gasteiger partial charge is 0.480 e. The summed E-state index contributed by atoms with van der Waals surface area (Å²) >= 11 is 0. The first-order valence-corrected chi connectivity index (χ1v) is 32.3. The molecule has 1 heterocycles. The molecule has 0 aliphatic carbocycles. The fraction of sp³-hybridized carbons (Fsp3) is 0.763. The van der Waals surface area contributed by atoms with Gasteiger partial charge in [0.05, 0.1) is 32.5 Å². The highest BCUT2D eigenvalue weighted by atomic mass is 32.2. The number of hydrogen-bond acceptors (Lipinski definition) is 18. The van der Waals surface area contributed by atoms with Gasteiger partial charge in [0, 0.05) is 52.4 Å². The van der Waals surface area contributed by atoms with Crippen LogP contribution in [0.1, 0.15) is 121 Å². The molecule has 1 unspecified atom stereocenters. The van der Waals surface area contributed by atoms with Crippen molar-refractivity contribution in [3.8, 4) is 0 Å². The third-order valence-electron chi connectivity index (χ3n) is 13.8. The Morgan fingerprint density at radius 2 is 0.980 bits per heavy atom. The van der Waals surface area contributed by atoms with E-state index in [1.54, 1.807) is 92.9 Å². The number of nitrogens with two attached hydrogens (primary N) is 1. The highest BCUT2D eigenvalue weighted by Crippen LogP contribution is 2.64. The van der Waals surface area contributed by atoms with E-state index in [0.29, 0.717) is 17.7 Å². The van der Waals surface area contributed by atoms with Crippen LogP contribution in [0.5, 0.6) is 0 Å². The topological polar surface area (TPSA) is 320 Å². The number of carbonyl (C=O) groups is 8. The van der Waals surface area contributed by atoms with Crippen molar-refractivity contribution in [1.29, 1.82) is 0 Å². The van der Waals surface area contributed by atoms with Crippen LogP contribution in [0.2, 0.25) is 0 Å². The second-order valence-electron chi connectivity index (χ2n) is 27.2. The summed E-state index contributed by atoms with van der Waals surface area (Å²) in [4.78, 5) is 105. The molecule has 1 aliphatic rings. The molecule has 2 rings (SSSR count). The Labute approximate surface area is 576 Å². The van der Waals surface area contributed by atoms with Gasteiger partial charge in [-0.05, 0) is 108 Å². The number of alkyl halides is 17. The van der Waals surface area contributed by atoms with Gasteiger partial charge in [0.15, 0.2) is 12.6 Å². The molecular formula is C59H88F17N8O17S+. The number of piperazine rings is 1. The average Bonchev–Trinajstić information content (AvgIpc) is 0.690. The number of sulfonamides is 1. The Morgan fingerprint density at radius 3 is 1.42 bits per heavy atom. The smallest absolute Gasteiger partial charge is 0.460 e. The predicted octanol–water partition coefficient (Wildman–Crippen LogP) is 8.67. The van der Waals surface area contributed by atoms with Gasteiger partial charge in [-0.1, -0.05) is 30.3 Å². The summed E-state index contributed by atoms with van der Waals surface area (Å²) in [6, 6.07) is 6.54. The van der Waals surface area contributed by atoms with Crippen molar-refractivity contribution >= 4 is 58.0 Å². The number of esters is 4. The van der Waals surface area contributed by atoms with E-state index < -0.39 is 182 Å². The van der Waals surface area contributed by atoms with Gasteiger partial charge in [-0.25, -0.2) is 27.4 Å². The van der Waals surface area contributed by atoms with Gasteiger partial charge in [0.2, 0.25) is 0 Å². The van der Waals surface area contributed by atoms with Gasteiger partial charge in [-0.2, -0.15) is 84.4 Å². The summed E-state index contributed by atoms with van der Waals surface area (Å²) in [5.74, 6) is -56.6. The zero-order chi connectivity index (χ0) is 79.7. The molecule has 0 aromatic heterocycles. The van der Waals surface area contributed by atoms with Crippen LogP contribution in [-0.4, -0.2) is 257 Å². The molecule has 6 N–H and O–H groups in total. The standard InChI is InChI=1S/C46H77N5O14.C13H10F17N3O3S/c1-43(2,3)62-37(54)21-24-49(31-39(56)64-45(7,8)9)25-26-50(30-36(52)53)27-29-51(32-40(57)65-46(10,11)12,28-22-38(55)63-44(4,5)6)48-35(41(58)59)20-16-17-23-47-42(60)61-33-34-18-14-13-15-19-34;14-6(15,8(18,19)10(22,23)12(26,27)28)7(16,17)9(20,21)11(24,25)13(29,30)37(35,36)33-3-1-32(2-4-33)5(31)34/h13-15,18-19,35,48H,16-17,20-33H2,1-12H3,(H2-,47,52,53,58,59,60);1-4H2,(H2,31,34)/p+1/t35-,51?;/m0./s1. The predicted molar refractivity (Wildman–Crippen MR) is 323 cm³/mol. The van der Waals surface area contributed by atoms with Gasteiger partial charge in [0.1, 0.15) is 42.1 Å². The number of hydrogen-bond donors (Lipinski definition) is 5. The number of carbonyl (C=O) groups excluding carboxylic acids is 6. The van der Waals surface area contributed by atoms with Gasteiger partial charge >= 0.3 is 94.9 Å². The molecule has 0 bridgehead atoms. The molecule has 43 heteroatoms. The summed E-state index contributed by atoms with van der Waals surface area (Å²) in [6.45, 7) is 14.7. The van der Waals surface area contributed by atoms with Crippen molar-refractivity contribution in [2.45, 2.75) is 197 Å². The van der Waals surface area contributed by atoms with Crippen molar-refractivity contribution in [3.05, 3.63) is 35.9 Å². The van der Waals surface area contributed by atoms with E-state index in [1.807, 2.05) is 30.3 Å². The van der Waals surface area contributed by atoms with Crippen LogP contribution in [0.15, 0.2) is 30.3 Å². The van der Waals surface area contributed by atoms with Crippen LogP contribution in [0.25, 0.3) is 0 Å². The van der Waals surface area contributed by atoms with Crippen molar-refractivity contribution < 1.29 is 160 Å². The Kier molecular flexibility index (Phi) is 32.6. The van der Waals surface area contributed by atoms with E-state index in [-0.39, 0.29) is 78.2 Å². The molecule has 1 aliphatic heterocycles. The summed E-state index contributed by atoms with van der Waals surface area (Å²) in [6.07, 6.45) is -8.07. The van der Waals surface area contributed by atoms with Gasteiger partial charge < -0.3 is 49.8 Å². The molecule has 0 saturated carbocycles. The molecule has 2 atom stereocenters. The minimum absolute atomic E-state index is 0.0376. The maximum atomic E-state index is 14.1. The number of nitrogens with zero attached hydrogens (tertiary/aromatic N) is 5. The van der Waals surface area contributed by atoms with Crippen LogP contribution >= 0.6 is 0 Å². The van der Waals surface area contributed by atoms with Crippen LogP contribution in [0.4, 0.5) is 84.2 Å². The summed E-state index contributed by atoms with van der Waals surface area (Å²) < 4.78 is 276. The highest BCUT2D eigenvalue weighted by Gasteiger charge is 2.96. The van der Waals surface area contributed by atoms with Gasteiger partial charge in [0.25, 0.3) is 10.0 Å². The lowest BCUT2D eigenvalue weighted by Gasteiger charge is -2.43.